The van der Waals surface area contributed by atoms with Gasteiger partial charge < -0.3 is 9.88 Å². The van der Waals surface area contributed by atoms with Crippen LogP contribution in [-0.4, -0.2) is 21.7 Å². The van der Waals surface area contributed by atoms with Gasteiger partial charge in [-0.05, 0) is 94.5 Å². The minimum atomic E-state index is -0.0317. The fraction of sp³-hybridized carbons (Fsp3) is 0.219. The van der Waals surface area contributed by atoms with Gasteiger partial charge in [0.1, 0.15) is 5.00 Å². The maximum absolute atomic E-state index is 13.7. The van der Waals surface area contributed by atoms with Crippen molar-refractivity contribution >= 4 is 45.7 Å². The van der Waals surface area contributed by atoms with Gasteiger partial charge in [0.2, 0.25) is 0 Å². The first-order valence-electron chi connectivity index (χ1n) is 13.1. The summed E-state index contributed by atoms with van der Waals surface area (Å²) in [7, 11) is 0. The van der Waals surface area contributed by atoms with Crippen LogP contribution in [-0.2, 0) is 12.8 Å². The molecule has 0 atom stereocenters. The van der Waals surface area contributed by atoms with E-state index in [1.54, 1.807) is 17.5 Å². The summed E-state index contributed by atoms with van der Waals surface area (Å²) in [6.45, 7) is 6.26. The summed E-state index contributed by atoms with van der Waals surface area (Å²) in [6.07, 6.45) is 8.02. The third-order valence-electron chi connectivity index (χ3n) is 7.30. The number of pyridine rings is 1. The molecular formula is C32H30N4OS. The van der Waals surface area contributed by atoms with Gasteiger partial charge in [-0.25, -0.2) is 0 Å². The number of thiophene rings is 1. The van der Waals surface area contributed by atoms with Crippen LogP contribution in [0.1, 0.15) is 56.2 Å². The predicted octanol–water partition coefficient (Wildman–Crippen LogP) is 7.89. The topological polar surface area (TPSA) is 59.3 Å². The van der Waals surface area contributed by atoms with E-state index in [2.05, 4.69) is 53.8 Å². The number of nitrogens with one attached hydrogen (secondary N) is 1. The molecule has 0 saturated heterocycles. The minimum absolute atomic E-state index is 0.0317. The summed E-state index contributed by atoms with van der Waals surface area (Å²) < 4.78 is 2.23. The van der Waals surface area contributed by atoms with Gasteiger partial charge in [0, 0.05) is 45.3 Å². The van der Waals surface area contributed by atoms with Gasteiger partial charge in [-0.2, -0.15) is 0 Å². The van der Waals surface area contributed by atoms with E-state index in [0.717, 1.165) is 69.1 Å². The van der Waals surface area contributed by atoms with Crippen LogP contribution in [0, 0.1) is 20.8 Å². The second kappa shape index (κ2) is 10.0. The molecule has 0 fully saturated rings. The first kappa shape index (κ1) is 24.3. The van der Waals surface area contributed by atoms with Crippen LogP contribution in [0.15, 0.2) is 71.9 Å². The number of rotatable bonds is 5. The number of fused-ring (bicyclic) bond motifs is 2. The molecule has 38 heavy (non-hydrogen) atoms. The third kappa shape index (κ3) is 4.56. The molecule has 0 saturated carbocycles. The van der Waals surface area contributed by atoms with Gasteiger partial charge in [-0.15, -0.1) is 11.3 Å². The molecule has 1 amide bonds. The Morgan fingerprint density at radius 3 is 2.68 bits per heavy atom. The quantitative estimate of drug-likeness (QED) is 0.241. The third-order valence-corrected chi connectivity index (χ3v) is 8.58. The smallest absolute Gasteiger partial charge is 0.258 e. The number of aromatic nitrogens is 2. The Labute approximate surface area is 226 Å². The van der Waals surface area contributed by atoms with E-state index < -0.39 is 0 Å². The largest absolute Gasteiger partial charge is 0.322 e. The fourth-order valence-electron chi connectivity index (χ4n) is 5.29. The normalized spacial score (nSPS) is 13.2. The number of aryl methyl sites for hydroxylation is 3. The maximum Gasteiger partial charge on any atom is 0.258 e. The van der Waals surface area contributed by atoms with Gasteiger partial charge in [-0.1, -0.05) is 23.8 Å². The number of aliphatic imine (C=N–C) groups is 1. The van der Waals surface area contributed by atoms with Crippen LogP contribution in [0.3, 0.4) is 0 Å². The number of hydrogen-bond donors (Lipinski definition) is 1. The molecule has 3 aromatic heterocycles. The Morgan fingerprint density at radius 1 is 1.03 bits per heavy atom. The Kier molecular flexibility index (Phi) is 6.42. The molecule has 0 unspecified atom stereocenters. The van der Waals surface area contributed by atoms with Gasteiger partial charge in [0.15, 0.2) is 0 Å². The van der Waals surface area contributed by atoms with E-state index in [-0.39, 0.29) is 5.91 Å². The summed E-state index contributed by atoms with van der Waals surface area (Å²) >= 11 is 1.76. The molecule has 0 bridgehead atoms. The van der Waals surface area contributed by atoms with Gasteiger partial charge >= 0.3 is 0 Å². The second-order valence-corrected chi connectivity index (χ2v) is 11.1. The van der Waals surface area contributed by atoms with Crippen LogP contribution < -0.4 is 5.32 Å². The van der Waals surface area contributed by atoms with Gasteiger partial charge in [0.25, 0.3) is 5.91 Å². The van der Waals surface area contributed by atoms with Crippen LogP contribution in [0.4, 0.5) is 11.4 Å². The summed E-state index contributed by atoms with van der Waals surface area (Å²) in [6, 6.07) is 20.2. The Hall–Kier alpha value is -4.03. The van der Waals surface area contributed by atoms with Gasteiger partial charge in [0.05, 0.1) is 16.8 Å². The van der Waals surface area contributed by atoms with Gasteiger partial charge in [-0.3, -0.25) is 14.8 Å². The lowest BCUT2D eigenvalue weighted by Gasteiger charge is -2.14. The summed E-state index contributed by atoms with van der Waals surface area (Å²) in [4.78, 5) is 24.2. The molecule has 1 aliphatic carbocycles. The Balaban J connectivity index is 1.38. The predicted molar refractivity (Wildman–Crippen MR) is 158 cm³/mol. The SMILES string of the molecule is Cc1ccc(NC(=O)c2c(-n3c(C)cc(C=Nc4ccc5ncccc5c4)c3C)sc3c2CCCC3)cc1. The highest BCUT2D eigenvalue weighted by atomic mass is 32.1. The van der Waals surface area contributed by atoms with Crippen LogP contribution in [0.5, 0.6) is 0 Å². The number of anilines is 1. The number of carbonyl (C=O) groups is 1. The average Bonchev–Trinajstić information content (AvgIpc) is 3.44. The Morgan fingerprint density at radius 2 is 1.84 bits per heavy atom. The molecule has 1 N–H and O–H groups in total. The molecule has 3 heterocycles. The molecule has 190 valence electrons. The van der Waals surface area contributed by atoms with Crippen LogP contribution in [0.25, 0.3) is 15.9 Å². The lowest BCUT2D eigenvalue weighted by Crippen LogP contribution is -2.17. The van der Waals surface area contributed by atoms with Crippen molar-refractivity contribution in [3.8, 4) is 5.00 Å². The zero-order chi connectivity index (χ0) is 26.2. The minimum Gasteiger partial charge on any atom is -0.322 e. The highest BCUT2D eigenvalue weighted by Crippen LogP contribution is 2.39. The molecular weight excluding hydrogens is 488 g/mol. The molecule has 5 aromatic rings. The van der Waals surface area contributed by atoms with E-state index in [1.807, 2.05) is 48.7 Å². The van der Waals surface area contributed by atoms with Crippen molar-refractivity contribution in [2.45, 2.75) is 46.5 Å². The average molecular weight is 519 g/mol. The van der Waals surface area contributed by atoms with Crippen molar-refractivity contribution < 1.29 is 4.79 Å². The van der Waals surface area contributed by atoms with Crippen molar-refractivity contribution in [2.24, 2.45) is 4.99 Å². The zero-order valence-electron chi connectivity index (χ0n) is 21.9. The first-order valence-corrected chi connectivity index (χ1v) is 13.9. The number of amides is 1. The van der Waals surface area contributed by atoms with Crippen molar-refractivity contribution in [2.75, 3.05) is 5.32 Å². The van der Waals surface area contributed by atoms with Crippen LogP contribution in [0.2, 0.25) is 0 Å². The standard InChI is InChI=1S/C32H30N4OS/c1-20-10-12-25(13-11-20)35-31(37)30-27-8-4-5-9-29(27)38-32(30)36-21(2)17-24(22(36)3)19-34-26-14-15-28-23(18-26)7-6-16-33-28/h6-7,10-19H,4-5,8-9H2,1-3H3,(H,35,37). The van der Waals surface area contributed by atoms with E-state index in [9.17, 15) is 4.79 Å². The highest BCUT2D eigenvalue weighted by molar-refractivity contribution is 7.15. The first-order chi connectivity index (χ1) is 18.5. The van der Waals surface area contributed by atoms with Crippen molar-refractivity contribution in [3.05, 3.63) is 105 Å². The molecule has 1 aliphatic rings. The summed E-state index contributed by atoms with van der Waals surface area (Å²) in [5.74, 6) is -0.0317. The number of nitrogens with zero attached hydrogens (tertiary/aromatic N) is 3. The molecule has 6 rings (SSSR count). The molecule has 5 nitrogen and oxygen atoms in total. The molecule has 0 spiro atoms. The van der Waals surface area contributed by atoms with Crippen molar-refractivity contribution in [1.82, 2.24) is 9.55 Å². The van der Waals surface area contributed by atoms with E-state index in [4.69, 9.17) is 4.99 Å². The van der Waals surface area contributed by atoms with Crippen molar-refractivity contribution in [3.63, 3.8) is 0 Å². The monoisotopic (exact) mass is 518 g/mol. The number of hydrogen-bond acceptors (Lipinski definition) is 4. The van der Waals surface area contributed by atoms with E-state index in [0.29, 0.717) is 0 Å². The zero-order valence-corrected chi connectivity index (χ0v) is 22.7. The lowest BCUT2D eigenvalue weighted by atomic mass is 9.95. The number of benzene rings is 2. The second-order valence-electron chi connectivity index (χ2n) is 10.0. The lowest BCUT2D eigenvalue weighted by molar-refractivity contribution is 0.102. The molecule has 6 heteroatoms. The fourth-order valence-corrected chi connectivity index (χ4v) is 6.79. The van der Waals surface area contributed by atoms with Crippen LogP contribution >= 0.6 is 11.3 Å². The summed E-state index contributed by atoms with van der Waals surface area (Å²) in [5.41, 5.74) is 9.09. The molecule has 0 aliphatic heterocycles. The van der Waals surface area contributed by atoms with E-state index >= 15 is 0 Å². The highest BCUT2D eigenvalue weighted by Gasteiger charge is 2.28. The molecule has 0 radical (unpaired) electrons. The van der Waals surface area contributed by atoms with E-state index in [1.165, 1.54) is 22.4 Å². The maximum atomic E-state index is 13.7. The Bertz CT molecular complexity index is 1690. The van der Waals surface area contributed by atoms with Crippen molar-refractivity contribution in [1.29, 1.82) is 0 Å². The summed E-state index contributed by atoms with van der Waals surface area (Å²) in [5, 5.41) is 5.24. The number of carbonyl (C=O) groups excluding carboxylic acids is 1. The molecule has 2 aromatic carbocycles.